The van der Waals surface area contributed by atoms with Crippen LogP contribution >= 0.6 is 35.3 Å². The molecule has 7 heteroatoms. The average molecular weight is 395 g/mol. The van der Waals surface area contributed by atoms with Crippen molar-refractivity contribution in [2.24, 2.45) is 0 Å². The van der Waals surface area contributed by atoms with Crippen LogP contribution in [0.15, 0.2) is 0 Å². The Bertz CT molecular complexity index is 334. The normalized spacial score (nSPS) is 11.5. The third kappa shape index (κ3) is 15.5. The third-order valence-corrected chi connectivity index (χ3v) is 11.1. The number of thioether (sulfide) groups is 3. The summed E-state index contributed by atoms with van der Waals surface area (Å²) in [5, 5.41) is 0.595. The minimum absolute atomic E-state index is 0.198. The highest BCUT2D eigenvalue weighted by Crippen LogP contribution is 2.28. The molecule has 0 amide bonds. The van der Waals surface area contributed by atoms with Crippen LogP contribution in [-0.2, 0) is 14.4 Å². The van der Waals surface area contributed by atoms with Gasteiger partial charge in [-0.3, -0.25) is 14.4 Å². The lowest BCUT2D eigenvalue weighted by Crippen LogP contribution is -2.30. The molecule has 0 unspecified atom stereocenters. The van der Waals surface area contributed by atoms with Crippen LogP contribution in [-0.4, -0.2) is 40.7 Å². The van der Waals surface area contributed by atoms with Crippen LogP contribution < -0.4 is 0 Å². The Morgan fingerprint density at radius 3 is 1.13 bits per heavy atom. The van der Waals surface area contributed by atoms with Gasteiger partial charge in [0.15, 0.2) is 15.3 Å². The van der Waals surface area contributed by atoms with E-state index in [9.17, 15) is 14.4 Å². The lowest BCUT2D eigenvalue weighted by atomic mass is 10.5. The molecule has 0 atom stereocenters. The van der Waals surface area contributed by atoms with E-state index in [2.05, 4.69) is 6.55 Å². The molecular weight excluding hydrogens is 364 g/mol. The molecule has 0 bridgehead atoms. The third-order valence-electron chi connectivity index (χ3n) is 3.69. The van der Waals surface area contributed by atoms with Gasteiger partial charge in [0, 0.05) is 38.0 Å². The highest BCUT2D eigenvalue weighted by atomic mass is 32.2. The fraction of sp³-hybridized carbons (Fsp3) is 0.812. The Morgan fingerprint density at radius 1 is 0.652 bits per heavy atom. The predicted molar refractivity (Wildman–Crippen MR) is 109 cm³/mol. The van der Waals surface area contributed by atoms with Crippen molar-refractivity contribution in [3.63, 3.8) is 0 Å². The maximum absolute atomic E-state index is 11.0. The first-order valence-electron chi connectivity index (χ1n) is 8.15. The Kier molecular flexibility index (Phi) is 13.7. The van der Waals surface area contributed by atoms with Gasteiger partial charge in [0.2, 0.25) is 0 Å². The fourth-order valence-corrected chi connectivity index (χ4v) is 8.86. The van der Waals surface area contributed by atoms with Gasteiger partial charge in [0.1, 0.15) is 0 Å². The van der Waals surface area contributed by atoms with Crippen LogP contribution in [0.5, 0.6) is 0 Å². The molecule has 0 aromatic carbocycles. The van der Waals surface area contributed by atoms with Gasteiger partial charge in [-0.1, -0.05) is 60.0 Å². The summed E-state index contributed by atoms with van der Waals surface area (Å²) >= 11 is 4.27. The van der Waals surface area contributed by atoms with E-state index >= 15 is 0 Å². The van der Waals surface area contributed by atoms with Crippen molar-refractivity contribution in [1.82, 2.24) is 0 Å². The summed E-state index contributed by atoms with van der Waals surface area (Å²) in [4.78, 5) is 33.1. The van der Waals surface area contributed by atoms with Crippen LogP contribution in [0.1, 0.15) is 40.0 Å². The van der Waals surface area contributed by atoms with Crippen molar-refractivity contribution in [3.05, 3.63) is 0 Å². The van der Waals surface area contributed by atoms with Crippen LogP contribution in [0.3, 0.4) is 0 Å². The zero-order valence-corrected chi connectivity index (χ0v) is 18.3. The maximum atomic E-state index is 11.0. The van der Waals surface area contributed by atoms with Gasteiger partial charge in [-0.15, -0.1) is 0 Å². The summed E-state index contributed by atoms with van der Waals surface area (Å²) in [7, 11) is -1.34. The maximum Gasteiger partial charge on any atom is 0.185 e. The molecule has 0 rings (SSSR count). The standard InChI is InChI=1S/C16H30O3S3Si/c1-14(17)20-8-5-11-23(4,12-6-9-21-15(2)18)13-7-10-22-16(3)19/h5-13H2,1-4H3. The first kappa shape index (κ1) is 23.3. The minimum atomic E-state index is -1.34. The largest absolute Gasteiger partial charge is 0.288 e. The van der Waals surface area contributed by atoms with E-state index in [4.69, 9.17) is 0 Å². The van der Waals surface area contributed by atoms with Crippen molar-refractivity contribution in [2.75, 3.05) is 17.3 Å². The van der Waals surface area contributed by atoms with Gasteiger partial charge in [-0.25, -0.2) is 0 Å². The Hall–Kier alpha value is 0.277. The zero-order valence-electron chi connectivity index (χ0n) is 14.8. The highest BCUT2D eigenvalue weighted by molar-refractivity contribution is 8.14. The first-order chi connectivity index (χ1) is 10.7. The Morgan fingerprint density at radius 2 is 0.913 bits per heavy atom. The van der Waals surface area contributed by atoms with Crippen molar-refractivity contribution >= 4 is 58.7 Å². The molecule has 0 aliphatic heterocycles. The Labute approximate surface area is 154 Å². The van der Waals surface area contributed by atoms with Gasteiger partial charge in [0.25, 0.3) is 0 Å². The van der Waals surface area contributed by atoms with Gasteiger partial charge in [-0.05, 0) is 19.3 Å². The molecule has 0 spiro atoms. The summed E-state index contributed by atoms with van der Waals surface area (Å²) in [5.41, 5.74) is 0. The molecule has 0 radical (unpaired) electrons. The zero-order chi connectivity index (χ0) is 17.7. The molecule has 0 aromatic rings. The molecule has 3 nitrogen and oxygen atoms in total. The van der Waals surface area contributed by atoms with E-state index in [1.54, 1.807) is 20.8 Å². The first-order valence-corrected chi connectivity index (χ1v) is 14.2. The molecule has 0 saturated carbocycles. The van der Waals surface area contributed by atoms with Gasteiger partial charge >= 0.3 is 0 Å². The lowest BCUT2D eigenvalue weighted by Gasteiger charge is -2.27. The van der Waals surface area contributed by atoms with Crippen molar-refractivity contribution in [2.45, 2.75) is 64.7 Å². The molecule has 0 aromatic heterocycles. The second kappa shape index (κ2) is 13.6. The van der Waals surface area contributed by atoms with E-state index in [0.717, 1.165) is 36.5 Å². The minimum Gasteiger partial charge on any atom is -0.288 e. The van der Waals surface area contributed by atoms with Gasteiger partial charge in [0.05, 0.1) is 8.07 Å². The van der Waals surface area contributed by atoms with E-state index in [1.807, 2.05) is 0 Å². The summed E-state index contributed by atoms with van der Waals surface area (Å²) in [6, 6.07) is 3.72. The average Bonchev–Trinajstić information content (AvgIpc) is 2.44. The van der Waals surface area contributed by atoms with E-state index in [-0.39, 0.29) is 15.3 Å². The number of hydrogen-bond acceptors (Lipinski definition) is 6. The lowest BCUT2D eigenvalue weighted by molar-refractivity contribution is -0.109. The molecule has 134 valence electrons. The SMILES string of the molecule is CC(=O)SCCC[Si](C)(CCCSC(C)=O)CCCSC(C)=O. The van der Waals surface area contributed by atoms with Gasteiger partial charge < -0.3 is 0 Å². The topological polar surface area (TPSA) is 51.2 Å². The summed E-state index contributed by atoms with van der Waals surface area (Å²) in [6.45, 7) is 7.32. The summed E-state index contributed by atoms with van der Waals surface area (Å²) in [5.74, 6) is 2.76. The van der Waals surface area contributed by atoms with Crippen molar-refractivity contribution < 1.29 is 14.4 Å². The van der Waals surface area contributed by atoms with Crippen LogP contribution in [0.25, 0.3) is 0 Å². The number of carbonyl (C=O) groups is 3. The van der Waals surface area contributed by atoms with Crippen LogP contribution in [0.2, 0.25) is 24.7 Å². The smallest absolute Gasteiger partial charge is 0.185 e. The molecule has 0 heterocycles. The van der Waals surface area contributed by atoms with Crippen molar-refractivity contribution in [3.8, 4) is 0 Å². The molecule has 0 aliphatic carbocycles. The highest BCUT2D eigenvalue weighted by Gasteiger charge is 2.25. The number of carbonyl (C=O) groups excluding carboxylic acids is 3. The molecular formula is C16H30O3S3Si. The summed E-state index contributed by atoms with van der Waals surface area (Å²) in [6.07, 6.45) is 3.31. The molecule has 0 aliphatic rings. The summed E-state index contributed by atoms with van der Waals surface area (Å²) < 4.78 is 0. The second-order valence-electron chi connectivity index (χ2n) is 6.14. The molecule has 0 N–H and O–H groups in total. The Balaban J connectivity index is 4.23. The fourth-order valence-electron chi connectivity index (χ4n) is 2.52. The van der Waals surface area contributed by atoms with Crippen molar-refractivity contribution in [1.29, 1.82) is 0 Å². The number of rotatable bonds is 12. The quantitative estimate of drug-likeness (QED) is 0.340. The van der Waals surface area contributed by atoms with Gasteiger partial charge in [-0.2, -0.15) is 0 Å². The monoisotopic (exact) mass is 394 g/mol. The van der Waals surface area contributed by atoms with E-state index in [0.29, 0.717) is 0 Å². The predicted octanol–water partition coefficient (Wildman–Crippen LogP) is 5.07. The number of hydrogen-bond donors (Lipinski definition) is 0. The van der Waals surface area contributed by atoms with E-state index in [1.165, 1.54) is 53.4 Å². The second-order valence-corrected chi connectivity index (χ2v) is 15.1. The molecule has 0 saturated heterocycles. The molecule has 0 fully saturated rings. The van der Waals surface area contributed by atoms with Crippen LogP contribution in [0.4, 0.5) is 0 Å². The van der Waals surface area contributed by atoms with E-state index < -0.39 is 8.07 Å². The molecule has 23 heavy (non-hydrogen) atoms. The van der Waals surface area contributed by atoms with Crippen LogP contribution in [0, 0.1) is 0 Å².